The fourth-order valence-electron chi connectivity index (χ4n) is 7.79. The standard InChI is InChI=1S/C55H50N2O/c1-37(38-16-10-7-11-17-38)39-22-24-41(25-23-39)43-34-51(57-52(35-43)49-36-47(54(2,3)4)26-27-53(49)58)45-30-44(31-48(32-45)55(5,6)46-20-14-9-15-21-46)50-33-42(28-29-56-50)40-18-12-8-13-19-40/h7-37,58H,1-6H3. The average Bonchev–Trinajstić information content (AvgIpc) is 3.26. The quantitative estimate of drug-likeness (QED) is 0.160. The molecule has 0 saturated heterocycles. The second kappa shape index (κ2) is 15.8. The van der Waals surface area contributed by atoms with Crippen LogP contribution in [-0.4, -0.2) is 15.1 Å². The van der Waals surface area contributed by atoms with Crippen molar-refractivity contribution < 1.29 is 5.11 Å². The molecule has 0 fully saturated rings. The van der Waals surface area contributed by atoms with Gasteiger partial charge < -0.3 is 5.11 Å². The van der Waals surface area contributed by atoms with Gasteiger partial charge in [0.2, 0.25) is 0 Å². The first kappa shape index (κ1) is 38.3. The summed E-state index contributed by atoms with van der Waals surface area (Å²) in [4.78, 5) is 10.3. The molecule has 0 amide bonds. The van der Waals surface area contributed by atoms with Gasteiger partial charge >= 0.3 is 0 Å². The minimum Gasteiger partial charge on any atom is -0.507 e. The van der Waals surface area contributed by atoms with Gasteiger partial charge in [-0.1, -0.05) is 163 Å². The van der Waals surface area contributed by atoms with E-state index in [4.69, 9.17) is 9.97 Å². The Morgan fingerprint density at radius 2 is 1.00 bits per heavy atom. The van der Waals surface area contributed by atoms with E-state index in [-0.39, 0.29) is 22.5 Å². The zero-order valence-electron chi connectivity index (χ0n) is 34.2. The van der Waals surface area contributed by atoms with Gasteiger partial charge in [-0.3, -0.25) is 4.98 Å². The average molecular weight is 755 g/mol. The van der Waals surface area contributed by atoms with E-state index in [9.17, 15) is 5.11 Å². The number of nitrogens with zero attached hydrogens (tertiary/aromatic N) is 2. The molecule has 0 radical (unpaired) electrons. The third-order valence-corrected chi connectivity index (χ3v) is 11.6. The fraction of sp³-hybridized carbons (Fsp3) is 0.164. The van der Waals surface area contributed by atoms with E-state index in [0.29, 0.717) is 5.56 Å². The third kappa shape index (κ3) is 7.99. The van der Waals surface area contributed by atoms with Gasteiger partial charge in [0.1, 0.15) is 5.75 Å². The minimum atomic E-state index is -0.325. The van der Waals surface area contributed by atoms with Gasteiger partial charge in [-0.2, -0.15) is 0 Å². The Balaban J connectivity index is 1.33. The van der Waals surface area contributed by atoms with Crippen molar-refractivity contribution in [1.82, 2.24) is 9.97 Å². The topological polar surface area (TPSA) is 46.0 Å². The molecule has 1 atom stereocenters. The largest absolute Gasteiger partial charge is 0.507 e. The number of rotatable bonds is 9. The SMILES string of the molecule is CC(c1ccccc1)c1ccc(-c2cc(-c3cc(-c4cc(-c5ccccc5)ccn4)cc(C(C)(C)c4ccccc4)c3)nc(-c3cc(C(C)(C)C)ccc3O)c2)cc1. The molecule has 3 nitrogen and oxygen atoms in total. The minimum absolute atomic E-state index is 0.109. The Morgan fingerprint density at radius 3 is 1.67 bits per heavy atom. The van der Waals surface area contributed by atoms with Gasteiger partial charge in [0.25, 0.3) is 0 Å². The van der Waals surface area contributed by atoms with Crippen molar-refractivity contribution in [3.63, 3.8) is 0 Å². The lowest BCUT2D eigenvalue weighted by Gasteiger charge is -2.27. The first-order chi connectivity index (χ1) is 27.9. The molecule has 0 aliphatic carbocycles. The molecule has 8 aromatic rings. The van der Waals surface area contributed by atoms with Gasteiger partial charge in [-0.15, -0.1) is 0 Å². The monoisotopic (exact) mass is 754 g/mol. The molecule has 6 aromatic carbocycles. The molecule has 2 heterocycles. The molecule has 1 unspecified atom stereocenters. The van der Waals surface area contributed by atoms with Crippen LogP contribution in [0, 0.1) is 0 Å². The van der Waals surface area contributed by atoms with Crippen LogP contribution in [0.1, 0.15) is 75.3 Å². The third-order valence-electron chi connectivity index (χ3n) is 11.6. The molecule has 1 N–H and O–H groups in total. The maximum absolute atomic E-state index is 11.4. The summed E-state index contributed by atoms with van der Waals surface area (Å²) >= 11 is 0. The summed E-state index contributed by atoms with van der Waals surface area (Å²) in [5.41, 5.74) is 15.1. The van der Waals surface area contributed by atoms with Crippen molar-refractivity contribution in [2.45, 2.75) is 58.3 Å². The second-order valence-electron chi connectivity index (χ2n) is 16.9. The van der Waals surface area contributed by atoms with Crippen LogP contribution in [0.4, 0.5) is 0 Å². The predicted molar refractivity (Wildman–Crippen MR) is 242 cm³/mol. The Labute approximate surface area is 343 Å². The molecular weight excluding hydrogens is 705 g/mol. The van der Waals surface area contributed by atoms with E-state index < -0.39 is 0 Å². The first-order valence-corrected chi connectivity index (χ1v) is 20.2. The van der Waals surface area contributed by atoms with Crippen LogP contribution in [0.3, 0.4) is 0 Å². The van der Waals surface area contributed by atoms with Crippen molar-refractivity contribution in [2.75, 3.05) is 0 Å². The van der Waals surface area contributed by atoms with Gasteiger partial charge in [-0.05, 0) is 110 Å². The highest BCUT2D eigenvalue weighted by Crippen LogP contribution is 2.41. The van der Waals surface area contributed by atoms with Gasteiger partial charge in [0.05, 0.1) is 17.1 Å². The maximum Gasteiger partial charge on any atom is 0.124 e. The Kier molecular flexibility index (Phi) is 10.4. The molecular formula is C55H50N2O. The normalized spacial score (nSPS) is 12.3. The summed E-state index contributed by atoms with van der Waals surface area (Å²) in [6.07, 6.45) is 1.90. The van der Waals surface area contributed by atoms with E-state index >= 15 is 0 Å². The van der Waals surface area contributed by atoms with E-state index in [1.54, 1.807) is 6.07 Å². The predicted octanol–water partition coefficient (Wildman–Crippen LogP) is 14.3. The lowest BCUT2D eigenvalue weighted by atomic mass is 9.76. The number of benzene rings is 6. The highest BCUT2D eigenvalue weighted by molar-refractivity contribution is 5.81. The van der Waals surface area contributed by atoms with Crippen LogP contribution in [-0.2, 0) is 10.8 Å². The molecule has 3 heteroatoms. The van der Waals surface area contributed by atoms with Crippen LogP contribution < -0.4 is 0 Å². The van der Waals surface area contributed by atoms with Crippen LogP contribution >= 0.6 is 0 Å². The number of hydrogen-bond donors (Lipinski definition) is 1. The number of hydrogen-bond acceptors (Lipinski definition) is 3. The number of phenols is 1. The lowest BCUT2D eigenvalue weighted by molar-refractivity contribution is 0.476. The summed E-state index contributed by atoms with van der Waals surface area (Å²) < 4.78 is 0. The number of phenolic OH excluding ortho intramolecular Hbond substituents is 1. The molecule has 58 heavy (non-hydrogen) atoms. The first-order valence-electron chi connectivity index (χ1n) is 20.2. The molecule has 0 spiro atoms. The number of pyridine rings is 2. The molecule has 0 bridgehead atoms. The zero-order valence-corrected chi connectivity index (χ0v) is 34.2. The highest BCUT2D eigenvalue weighted by Gasteiger charge is 2.26. The lowest BCUT2D eigenvalue weighted by Crippen LogP contribution is -2.19. The number of aromatic nitrogens is 2. The van der Waals surface area contributed by atoms with Crippen molar-refractivity contribution in [2.24, 2.45) is 0 Å². The van der Waals surface area contributed by atoms with Crippen molar-refractivity contribution in [3.05, 3.63) is 210 Å². The van der Waals surface area contributed by atoms with Crippen molar-refractivity contribution >= 4 is 0 Å². The Morgan fingerprint density at radius 1 is 0.431 bits per heavy atom. The van der Waals surface area contributed by atoms with Crippen LogP contribution in [0.2, 0.25) is 0 Å². The van der Waals surface area contributed by atoms with Crippen molar-refractivity contribution in [1.29, 1.82) is 0 Å². The summed E-state index contributed by atoms with van der Waals surface area (Å²) in [6.45, 7) is 13.4. The van der Waals surface area contributed by atoms with Crippen LogP contribution in [0.15, 0.2) is 182 Å². The molecule has 0 aliphatic heterocycles. The Bertz CT molecular complexity index is 2680. The maximum atomic E-state index is 11.4. The summed E-state index contributed by atoms with van der Waals surface area (Å²) in [6, 6.07) is 61.9. The molecule has 8 rings (SSSR count). The molecule has 2 aromatic heterocycles. The highest BCUT2D eigenvalue weighted by atomic mass is 16.3. The van der Waals surface area contributed by atoms with E-state index in [1.807, 2.05) is 18.3 Å². The summed E-state index contributed by atoms with van der Waals surface area (Å²) in [5.74, 6) is 0.469. The zero-order chi connectivity index (χ0) is 40.4. The van der Waals surface area contributed by atoms with Gasteiger partial charge in [-0.25, -0.2) is 4.98 Å². The molecule has 0 aliphatic rings. The van der Waals surface area contributed by atoms with Gasteiger partial charge in [0.15, 0.2) is 0 Å². The molecule has 0 saturated carbocycles. The Hall–Kier alpha value is -6.58. The van der Waals surface area contributed by atoms with E-state index in [2.05, 4.69) is 199 Å². The van der Waals surface area contributed by atoms with Crippen LogP contribution in [0.25, 0.3) is 56.0 Å². The van der Waals surface area contributed by atoms with E-state index in [1.165, 1.54) is 16.7 Å². The fourth-order valence-corrected chi connectivity index (χ4v) is 7.79. The molecule has 286 valence electrons. The van der Waals surface area contributed by atoms with Crippen molar-refractivity contribution in [3.8, 4) is 61.8 Å². The van der Waals surface area contributed by atoms with E-state index in [0.717, 1.165) is 61.6 Å². The second-order valence-corrected chi connectivity index (χ2v) is 16.9. The summed E-state index contributed by atoms with van der Waals surface area (Å²) in [7, 11) is 0. The van der Waals surface area contributed by atoms with Gasteiger partial charge in [0, 0.05) is 34.2 Å². The van der Waals surface area contributed by atoms with Crippen LogP contribution in [0.5, 0.6) is 5.75 Å². The number of aromatic hydroxyl groups is 1. The smallest absolute Gasteiger partial charge is 0.124 e. The summed E-state index contributed by atoms with van der Waals surface area (Å²) in [5, 5.41) is 11.4.